The molecular formula is C20H27F3N6O4. The molecular weight excluding hydrogens is 445 g/mol. The Kier molecular flexibility index (Phi) is 8.47. The summed E-state index contributed by atoms with van der Waals surface area (Å²) in [6.07, 6.45) is -1.63. The summed E-state index contributed by atoms with van der Waals surface area (Å²) in [7, 11) is 0. The van der Waals surface area contributed by atoms with Gasteiger partial charge in [0.2, 0.25) is 0 Å². The van der Waals surface area contributed by atoms with Crippen LogP contribution < -0.4 is 5.32 Å². The van der Waals surface area contributed by atoms with E-state index in [0.717, 1.165) is 30.8 Å². The maximum Gasteiger partial charge on any atom is 0.490 e. The Morgan fingerprint density at radius 1 is 1.21 bits per heavy atom. The summed E-state index contributed by atoms with van der Waals surface area (Å²) < 4.78 is 31.7. The van der Waals surface area contributed by atoms with Gasteiger partial charge >= 0.3 is 18.1 Å². The van der Waals surface area contributed by atoms with Crippen LogP contribution in [0, 0.1) is 11.3 Å². The Morgan fingerprint density at radius 3 is 2.27 bits per heavy atom. The van der Waals surface area contributed by atoms with E-state index in [2.05, 4.69) is 30.9 Å². The number of carbonyl (C=O) groups is 2. The lowest BCUT2D eigenvalue weighted by molar-refractivity contribution is -0.192. The van der Waals surface area contributed by atoms with Gasteiger partial charge in [0.1, 0.15) is 0 Å². The second-order valence-corrected chi connectivity index (χ2v) is 8.85. The van der Waals surface area contributed by atoms with E-state index in [1.807, 2.05) is 39.1 Å². The van der Waals surface area contributed by atoms with Crippen LogP contribution >= 0.6 is 0 Å². The summed E-state index contributed by atoms with van der Waals surface area (Å²) in [5.41, 5.74) is 1.62. The summed E-state index contributed by atoms with van der Waals surface area (Å²) in [5.74, 6) is -3.75. The number of pyridine rings is 1. The number of hydrogen-bond donors (Lipinski definition) is 4. The van der Waals surface area contributed by atoms with E-state index in [9.17, 15) is 23.1 Å². The molecule has 10 nitrogen and oxygen atoms in total. The predicted octanol–water partition coefficient (Wildman–Crippen LogP) is 2.38. The minimum atomic E-state index is -5.08. The van der Waals surface area contributed by atoms with Crippen molar-refractivity contribution in [3.8, 4) is 0 Å². The zero-order valence-electron chi connectivity index (χ0n) is 18.4. The van der Waals surface area contributed by atoms with E-state index in [-0.39, 0.29) is 5.92 Å². The standard InChI is InChI=1S/C18H26N6O2.C2HF3O2/c1-18(2,3)15(17(25)26)13(16-21-23-24-22-16)8-11-4-5-14(20-9-11)12-6-7-19-10-12;3-2(4,5)1(6)7/h4-5,9,12-13,15,19H,6-8,10H2,1-3H3,(H,25,26)(H,21,22,23,24);(H,6,7)/t12?,13-,15?;/m0./s1. The van der Waals surface area contributed by atoms with Crippen LogP contribution in [-0.2, 0) is 16.0 Å². The lowest BCUT2D eigenvalue weighted by atomic mass is 9.71. The fourth-order valence-electron chi connectivity index (χ4n) is 3.79. The summed E-state index contributed by atoms with van der Waals surface area (Å²) in [6.45, 7) is 7.76. The van der Waals surface area contributed by atoms with E-state index < -0.39 is 29.4 Å². The van der Waals surface area contributed by atoms with Gasteiger partial charge in [-0.1, -0.05) is 32.1 Å². The number of carboxylic acid groups (broad SMARTS) is 2. The minimum Gasteiger partial charge on any atom is -0.481 e. The highest BCUT2D eigenvalue weighted by molar-refractivity contribution is 5.73. The van der Waals surface area contributed by atoms with Gasteiger partial charge in [0.05, 0.1) is 5.92 Å². The van der Waals surface area contributed by atoms with Crippen molar-refractivity contribution in [1.82, 2.24) is 30.9 Å². The lowest BCUT2D eigenvalue weighted by Gasteiger charge is -2.32. The van der Waals surface area contributed by atoms with Gasteiger partial charge in [-0.25, -0.2) is 4.79 Å². The first-order valence-corrected chi connectivity index (χ1v) is 10.2. The maximum atomic E-state index is 12.0. The van der Waals surface area contributed by atoms with Crippen molar-refractivity contribution in [2.45, 2.75) is 51.6 Å². The summed E-state index contributed by atoms with van der Waals surface area (Å²) in [6, 6.07) is 4.09. The molecule has 1 fully saturated rings. The third-order valence-electron chi connectivity index (χ3n) is 5.32. The van der Waals surface area contributed by atoms with Crippen LogP contribution in [0.25, 0.3) is 0 Å². The molecule has 3 heterocycles. The van der Waals surface area contributed by atoms with Crippen molar-refractivity contribution in [2.75, 3.05) is 13.1 Å². The summed E-state index contributed by atoms with van der Waals surface area (Å²) >= 11 is 0. The number of H-pyrrole nitrogens is 1. The normalized spacial score (nSPS) is 18.2. The Hall–Kier alpha value is -3.09. The largest absolute Gasteiger partial charge is 0.490 e. The quantitative estimate of drug-likeness (QED) is 0.496. The zero-order chi connectivity index (χ0) is 24.8. The lowest BCUT2D eigenvalue weighted by Crippen LogP contribution is -2.35. The number of aromatic nitrogens is 5. The molecule has 33 heavy (non-hydrogen) atoms. The van der Waals surface area contributed by atoms with Gasteiger partial charge in [0.25, 0.3) is 0 Å². The smallest absolute Gasteiger partial charge is 0.481 e. The Balaban J connectivity index is 0.000000479. The first kappa shape index (κ1) is 26.2. The van der Waals surface area contributed by atoms with Crippen LogP contribution in [0.15, 0.2) is 18.3 Å². The molecule has 2 unspecified atom stereocenters. The molecule has 1 aliphatic rings. The molecule has 1 saturated heterocycles. The van der Waals surface area contributed by atoms with Gasteiger partial charge in [-0.15, -0.1) is 10.2 Å². The molecule has 3 atom stereocenters. The molecule has 2 aromatic heterocycles. The SMILES string of the molecule is CC(C)(C)C(C(=O)O)[C@H](Cc1ccc(C2CCNC2)nc1)c1nn[nH]n1.O=C(O)C(F)(F)F. The van der Waals surface area contributed by atoms with Gasteiger partial charge in [-0.3, -0.25) is 9.78 Å². The average molecular weight is 472 g/mol. The van der Waals surface area contributed by atoms with E-state index in [0.29, 0.717) is 18.2 Å². The average Bonchev–Trinajstić information content (AvgIpc) is 3.41. The van der Waals surface area contributed by atoms with E-state index >= 15 is 0 Å². The Morgan fingerprint density at radius 2 is 1.88 bits per heavy atom. The first-order chi connectivity index (χ1) is 15.3. The molecule has 4 N–H and O–H groups in total. The number of halogens is 3. The number of hydrogen-bond acceptors (Lipinski definition) is 7. The van der Waals surface area contributed by atoms with Crippen LogP contribution in [0.5, 0.6) is 0 Å². The fourth-order valence-corrected chi connectivity index (χ4v) is 3.79. The molecule has 13 heteroatoms. The van der Waals surface area contributed by atoms with Crippen LogP contribution in [0.4, 0.5) is 13.2 Å². The number of tetrazole rings is 1. The monoisotopic (exact) mass is 472 g/mol. The van der Waals surface area contributed by atoms with Crippen LogP contribution in [0.1, 0.15) is 56.1 Å². The van der Waals surface area contributed by atoms with Gasteiger partial charge in [-0.05, 0) is 36.4 Å². The van der Waals surface area contributed by atoms with Gasteiger partial charge in [0, 0.05) is 30.3 Å². The molecule has 3 rings (SSSR count). The second-order valence-electron chi connectivity index (χ2n) is 8.85. The number of nitrogens with one attached hydrogen (secondary N) is 2. The molecule has 0 aromatic carbocycles. The van der Waals surface area contributed by atoms with E-state index in [1.54, 1.807) is 0 Å². The number of aliphatic carboxylic acids is 2. The molecule has 182 valence electrons. The maximum absolute atomic E-state index is 12.0. The molecule has 2 aromatic rings. The van der Waals surface area contributed by atoms with Crippen molar-refractivity contribution in [3.05, 3.63) is 35.4 Å². The van der Waals surface area contributed by atoms with E-state index in [1.165, 1.54) is 0 Å². The molecule has 0 amide bonds. The van der Waals surface area contributed by atoms with Crippen molar-refractivity contribution >= 4 is 11.9 Å². The fraction of sp³-hybridized carbons (Fsp3) is 0.600. The molecule has 0 radical (unpaired) electrons. The predicted molar refractivity (Wildman–Crippen MR) is 109 cm³/mol. The van der Waals surface area contributed by atoms with Gasteiger partial charge < -0.3 is 15.5 Å². The van der Waals surface area contributed by atoms with Crippen molar-refractivity contribution < 1.29 is 33.0 Å². The van der Waals surface area contributed by atoms with Crippen molar-refractivity contribution in [2.24, 2.45) is 11.3 Å². The second kappa shape index (κ2) is 10.7. The summed E-state index contributed by atoms with van der Waals surface area (Å²) in [4.78, 5) is 25.5. The van der Waals surface area contributed by atoms with Crippen LogP contribution in [0.3, 0.4) is 0 Å². The molecule has 1 aliphatic heterocycles. The van der Waals surface area contributed by atoms with Crippen molar-refractivity contribution in [1.29, 1.82) is 0 Å². The van der Waals surface area contributed by atoms with Gasteiger partial charge in [0.15, 0.2) is 5.82 Å². The first-order valence-electron chi connectivity index (χ1n) is 10.2. The van der Waals surface area contributed by atoms with Crippen LogP contribution in [-0.4, -0.2) is 67.0 Å². The highest BCUT2D eigenvalue weighted by Crippen LogP contribution is 2.39. The Bertz CT molecular complexity index is 907. The molecule has 0 aliphatic carbocycles. The third kappa shape index (κ3) is 7.48. The molecule has 0 spiro atoms. The highest BCUT2D eigenvalue weighted by atomic mass is 19.4. The molecule has 0 saturated carbocycles. The van der Waals surface area contributed by atoms with Crippen LogP contribution in [0.2, 0.25) is 0 Å². The topological polar surface area (TPSA) is 154 Å². The number of aromatic amines is 1. The number of nitrogens with zero attached hydrogens (tertiary/aromatic N) is 4. The third-order valence-corrected chi connectivity index (χ3v) is 5.32. The van der Waals surface area contributed by atoms with Gasteiger partial charge in [-0.2, -0.15) is 18.4 Å². The zero-order valence-corrected chi connectivity index (χ0v) is 18.4. The molecule has 0 bridgehead atoms. The van der Waals surface area contributed by atoms with Crippen molar-refractivity contribution in [3.63, 3.8) is 0 Å². The number of carboxylic acids is 2. The summed E-state index contributed by atoms with van der Waals surface area (Å²) in [5, 5.41) is 34.5. The number of alkyl halides is 3. The number of rotatable bonds is 6. The Labute approximate surface area is 188 Å². The highest BCUT2D eigenvalue weighted by Gasteiger charge is 2.41. The van der Waals surface area contributed by atoms with E-state index in [4.69, 9.17) is 9.90 Å². The minimum absolute atomic E-state index is 0.382.